The first-order valence-corrected chi connectivity index (χ1v) is 5.22. The van der Waals surface area contributed by atoms with Crippen LogP contribution in [-0.4, -0.2) is 17.9 Å². The molecule has 0 aliphatic carbocycles. The molecule has 0 aliphatic heterocycles. The summed E-state index contributed by atoms with van der Waals surface area (Å²) in [6, 6.07) is 7.16. The molecule has 0 atom stereocenters. The number of carbonyl (C=O) groups excluding carboxylic acids is 1. The molecule has 2 aromatic rings. The third kappa shape index (κ3) is 2.15. The van der Waals surface area contributed by atoms with E-state index in [2.05, 4.69) is 4.98 Å². The van der Waals surface area contributed by atoms with E-state index in [1.165, 1.54) is 25.4 Å². The minimum Gasteiger partial charge on any atom is -0.494 e. The monoisotopic (exact) mass is 246 g/mol. The molecule has 1 aromatic carbocycles. The zero-order valence-corrected chi connectivity index (χ0v) is 9.68. The molecular weight excluding hydrogens is 235 g/mol. The van der Waals surface area contributed by atoms with Crippen LogP contribution in [0.1, 0.15) is 16.1 Å². The van der Waals surface area contributed by atoms with Gasteiger partial charge in [-0.25, -0.2) is 9.37 Å². The Hall–Kier alpha value is -2.43. The van der Waals surface area contributed by atoms with Crippen LogP contribution in [0.4, 0.5) is 10.1 Å². The molecule has 0 radical (unpaired) electrons. The fourth-order valence-electron chi connectivity index (χ4n) is 1.53. The second-order valence-electron chi connectivity index (χ2n) is 3.62. The van der Waals surface area contributed by atoms with E-state index in [0.29, 0.717) is 5.75 Å². The summed E-state index contributed by atoms with van der Waals surface area (Å²) >= 11 is 0. The van der Waals surface area contributed by atoms with Gasteiger partial charge in [0.15, 0.2) is 5.69 Å². The van der Waals surface area contributed by atoms with Crippen molar-refractivity contribution in [3.05, 3.63) is 53.6 Å². The topological polar surface area (TPSA) is 65.2 Å². The summed E-state index contributed by atoms with van der Waals surface area (Å²) in [5, 5.41) is 0. The molecule has 2 rings (SSSR count). The van der Waals surface area contributed by atoms with E-state index >= 15 is 0 Å². The average molecular weight is 246 g/mol. The predicted molar refractivity (Wildman–Crippen MR) is 65.0 cm³/mol. The summed E-state index contributed by atoms with van der Waals surface area (Å²) in [6.07, 6.45) is 1.48. The number of nitrogen functional groups attached to an aromatic ring is 1. The summed E-state index contributed by atoms with van der Waals surface area (Å²) in [5.74, 6) is -0.693. The predicted octanol–water partition coefficient (Wildman–Crippen LogP) is 2.04. The first kappa shape index (κ1) is 12.0. The quantitative estimate of drug-likeness (QED) is 0.664. The molecule has 4 nitrogen and oxygen atoms in total. The van der Waals surface area contributed by atoms with Gasteiger partial charge in [0.25, 0.3) is 0 Å². The molecule has 0 unspecified atom stereocenters. The van der Waals surface area contributed by atoms with Gasteiger partial charge in [-0.15, -0.1) is 0 Å². The Bertz CT molecular complexity index is 599. The molecule has 0 aliphatic rings. The summed E-state index contributed by atoms with van der Waals surface area (Å²) in [6.45, 7) is 0. The van der Waals surface area contributed by atoms with Crippen molar-refractivity contribution < 1.29 is 13.9 Å². The maximum atomic E-state index is 13.3. The number of pyridine rings is 1. The van der Waals surface area contributed by atoms with Gasteiger partial charge < -0.3 is 10.5 Å². The van der Waals surface area contributed by atoms with E-state index in [1.54, 1.807) is 12.1 Å². The highest BCUT2D eigenvalue weighted by Gasteiger charge is 2.16. The lowest BCUT2D eigenvalue weighted by Gasteiger charge is -2.06. The number of ketones is 1. The SMILES string of the molecule is COc1cccnc1C(=O)c1ccc(N)c(F)c1. The number of nitrogens with zero attached hydrogens (tertiary/aromatic N) is 1. The number of ether oxygens (including phenoxy) is 1. The van der Waals surface area contributed by atoms with E-state index in [-0.39, 0.29) is 16.9 Å². The summed E-state index contributed by atoms with van der Waals surface area (Å²) in [4.78, 5) is 16.1. The van der Waals surface area contributed by atoms with Gasteiger partial charge in [0, 0.05) is 11.8 Å². The van der Waals surface area contributed by atoms with E-state index in [9.17, 15) is 9.18 Å². The van der Waals surface area contributed by atoms with Gasteiger partial charge >= 0.3 is 0 Å². The number of aromatic nitrogens is 1. The molecule has 0 bridgehead atoms. The second kappa shape index (κ2) is 4.83. The standard InChI is InChI=1S/C13H11FN2O2/c1-18-11-3-2-6-16-12(11)13(17)8-4-5-10(15)9(14)7-8/h2-7H,15H2,1H3. The number of nitrogens with two attached hydrogens (primary N) is 1. The number of hydrogen-bond donors (Lipinski definition) is 1. The number of benzene rings is 1. The Morgan fingerprint density at radius 2 is 2.17 bits per heavy atom. The van der Waals surface area contributed by atoms with Gasteiger partial charge in [-0.2, -0.15) is 0 Å². The third-order valence-electron chi connectivity index (χ3n) is 2.47. The van der Waals surface area contributed by atoms with Crippen molar-refractivity contribution >= 4 is 11.5 Å². The van der Waals surface area contributed by atoms with Crippen LogP contribution in [0.2, 0.25) is 0 Å². The van der Waals surface area contributed by atoms with Crippen molar-refractivity contribution in [1.82, 2.24) is 4.98 Å². The lowest BCUT2D eigenvalue weighted by molar-refractivity contribution is 0.103. The van der Waals surface area contributed by atoms with Gasteiger partial charge in [0.1, 0.15) is 11.6 Å². The number of anilines is 1. The molecular formula is C13H11FN2O2. The lowest BCUT2D eigenvalue weighted by Crippen LogP contribution is -2.07. The highest BCUT2D eigenvalue weighted by molar-refractivity contribution is 6.09. The number of carbonyl (C=O) groups is 1. The number of halogens is 1. The van der Waals surface area contributed by atoms with Gasteiger partial charge in [-0.1, -0.05) is 0 Å². The van der Waals surface area contributed by atoms with Crippen molar-refractivity contribution in [3.63, 3.8) is 0 Å². The minimum atomic E-state index is -0.629. The van der Waals surface area contributed by atoms with Crippen molar-refractivity contribution in [2.24, 2.45) is 0 Å². The maximum Gasteiger partial charge on any atom is 0.215 e. The van der Waals surface area contributed by atoms with Gasteiger partial charge in [-0.3, -0.25) is 4.79 Å². The van der Waals surface area contributed by atoms with Crippen molar-refractivity contribution in [2.75, 3.05) is 12.8 Å². The van der Waals surface area contributed by atoms with Crippen LogP contribution in [-0.2, 0) is 0 Å². The number of hydrogen-bond acceptors (Lipinski definition) is 4. The Labute approximate surface area is 103 Å². The molecule has 0 fully saturated rings. The first-order chi connectivity index (χ1) is 8.63. The largest absolute Gasteiger partial charge is 0.494 e. The Balaban J connectivity index is 2.44. The number of methoxy groups -OCH3 is 1. The summed E-state index contributed by atoms with van der Waals surface area (Å²) < 4.78 is 18.3. The summed E-state index contributed by atoms with van der Waals surface area (Å²) in [7, 11) is 1.44. The lowest BCUT2D eigenvalue weighted by atomic mass is 10.1. The van der Waals surface area contributed by atoms with Crippen LogP contribution < -0.4 is 10.5 Å². The van der Waals surface area contributed by atoms with E-state index in [0.717, 1.165) is 6.07 Å². The highest BCUT2D eigenvalue weighted by atomic mass is 19.1. The van der Waals surface area contributed by atoms with E-state index < -0.39 is 11.6 Å². The zero-order chi connectivity index (χ0) is 13.1. The molecule has 0 spiro atoms. The molecule has 5 heteroatoms. The van der Waals surface area contributed by atoms with Crippen LogP contribution in [0.15, 0.2) is 36.5 Å². The Morgan fingerprint density at radius 3 is 2.83 bits per heavy atom. The molecule has 92 valence electrons. The van der Waals surface area contributed by atoms with Gasteiger partial charge in [0.2, 0.25) is 5.78 Å². The van der Waals surface area contributed by atoms with E-state index in [4.69, 9.17) is 10.5 Å². The maximum absolute atomic E-state index is 13.3. The molecule has 18 heavy (non-hydrogen) atoms. The Morgan fingerprint density at radius 1 is 1.39 bits per heavy atom. The smallest absolute Gasteiger partial charge is 0.215 e. The highest BCUT2D eigenvalue weighted by Crippen LogP contribution is 2.20. The second-order valence-corrected chi connectivity index (χ2v) is 3.62. The average Bonchev–Trinajstić information content (AvgIpc) is 2.41. The number of rotatable bonds is 3. The molecule has 0 saturated heterocycles. The van der Waals surface area contributed by atoms with E-state index in [1.807, 2.05) is 0 Å². The van der Waals surface area contributed by atoms with Crippen LogP contribution >= 0.6 is 0 Å². The summed E-state index contributed by atoms with van der Waals surface area (Å²) in [5.41, 5.74) is 5.68. The Kier molecular flexibility index (Phi) is 3.23. The molecule has 2 N–H and O–H groups in total. The first-order valence-electron chi connectivity index (χ1n) is 5.22. The third-order valence-corrected chi connectivity index (χ3v) is 2.47. The van der Waals surface area contributed by atoms with Crippen LogP contribution in [0.5, 0.6) is 5.75 Å². The molecule has 0 amide bonds. The van der Waals surface area contributed by atoms with Crippen molar-refractivity contribution in [2.45, 2.75) is 0 Å². The minimum absolute atomic E-state index is 0.000430. The fraction of sp³-hybridized carbons (Fsp3) is 0.0769. The van der Waals surface area contributed by atoms with Gasteiger partial charge in [-0.05, 0) is 30.3 Å². The zero-order valence-electron chi connectivity index (χ0n) is 9.68. The van der Waals surface area contributed by atoms with Crippen LogP contribution in [0.25, 0.3) is 0 Å². The van der Waals surface area contributed by atoms with Crippen LogP contribution in [0.3, 0.4) is 0 Å². The molecule has 1 aromatic heterocycles. The van der Waals surface area contributed by atoms with Crippen LogP contribution in [0, 0.1) is 5.82 Å². The van der Waals surface area contributed by atoms with Crippen molar-refractivity contribution in [1.29, 1.82) is 0 Å². The van der Waals surface area contributed by atoms with Crippen molar-refractivity contribution in [3.8, 4) is 5.75 Å². The normalized spacial score (nSPS) is 10.1. The molecule has 1 heterocycles. The molecule has 0 saturated carbocycles. The van der Waals surface area contributed by atoms with Gasteiger partial charge in [0.05, 0.1) is 12.8 Å². The fourth-order valence-corrected chi connectivity index (χ4v) is 1.53.